The highest BCUT2D eigenvalue weighted by Gasteiger charge is 2.08. The van der Waals surface area contributed by atoms with E-state index in [9.17, 15) is 9.18 Å². The van der Waals surface area contributed by atoms with Gasteiger partial charge in [-0.2, -0.15) is 0 Å². The Kier molecular flexibility index (Phi) is 4.17. The molecule has 0 amide bonds. The number of carbonyl (C=O) groups is 1. The number of para-hydroxylation sites is 1. The van der Waals surface area contributed by atoms with Crippen molar-refractivity contribution in [1.82, 2.24) is 0 Å². The lowest BCUT2D eigenvalue weighted by molar-refractivity contribution is 0.111. The fraction of sp³-hybridized carbons (Fsp3) is 0.133. The van der Waals surface area contributed by atoms with Gasteiger partial charge in [-0.25, -0.2) is 4.39 Å². The van der Waals surface area contributed by atoms with Gasteiger partial charge in [-0.15, -0.1) is 0 Å². The van der Waals surface area contributed by atoms with Gasteiger partial charge in [-0.1, -0.05) is 23.7 Å². The first-order valence-corrected chi connectivity index (χ1v) is 6.11. The molecule has 0 aromatic heterocycles. The van der Waals surface area contributed by atoms with Gasteiger partial charge in [-0.3, -0.25) is 4.79 Å². The zero-order valence-corrected chi connectivity index (χ0v) is 11.1. The number of hydrogen-bond donors (Lipinski definition) is 0. The average Bonchev–Trinajstić information content (AvgIpc) is 2.40. The number of rotatable bonds is 4. The molecular formula is C15H12ClFO2. The van der Waals surface area contributed by atoms with Crippen LogP contribution >= 0.6 is 11.6 Å². The van der Waals surface area contributed by atoms with E-state index in [1.807, 2.05) is 13.0 Å². The third-order valence-electron chi connectivity index (χ3n) is 2.75. The lowest BCUT2D eigenvalue weighted by Gasteiger charge is -2.12. The predicted molar refractivity (Wildman–Crippen MR) is 72.3 cm³/mol. The van der Waals surface area contributed by atoms with Gasteiger partial charge in [0, 0.05) is 10.6 Å². The Morgan fingerprint density at radius 1 is 1.32 bits per heavy atom. The molecule has 0 N–H and O–H groups in total. The topological polar surface area (TPSA) is 26.3 Å². The number of hydrogen-bond acceptors (Lipinski definition) is 2. The van der Waals surface area contributed by atoms with Crippen molar-refractivity contribution in [2.45, 2.75) is 13.5 Å². The van der Waals surface area contributed by atoms with Crippen LogP contribution in [0.1, 0.15) is 21.5 Å². The minimum Gasteiger partial charge on any atom is -0.488 e. The van der Waals surface area contributed by atoms with Crippen molar-refractivity contribution in [3.05, 3.63) is 63.9 Å². The van der Waals surface area contributed by atoms with Crippen LogP contribution in [0.2, 0.25) is 5.02 Å². The van der Waals surface area contributed by atoms with Crippen molar-refractivity contribution in [1.29, 1.82) is 0 Å². The minimum absolute atomic E-state index is 0.113. The summed E-state index contributed by atoms with van der Waals surface area (Å²) in [6.07, 6.45) is 0.732. The molecule has 0 saturated carbocycles. The zero-order chi connectivity index (χ0) is 13.8. The van der Waals surface area contributed by atoms with E-state index in [1.165, 1.54) is 18.2 Å². The summed E-state index contributed by atoms with van der Waals surface area (Å²) >= 11 is 5.96. The molecule has 0 aliphatic carbocycles. The summed E-state index contributed by atoms with van der Waals surface area (Å²) < 4.78 is 18.7. The van der Waals surface area contributed by atoms with Crippen molar-refractivity contribution >= 4 is 17.9 Å². The number of ether oxygens (including phenoxy) is 1. The highest BCUT2D eigenvalue weighted by Crippen LogP contribution is 2.25. The molecule has 4 heteroatoms. The maximum Gasteiger partial charge on any atom is 0.153 e. The van der Waals surface area contributed by atoms with Crippen LogP contribution in [-0.4, -0.2) is 6.29 Å². The van der Waals surface area contributed by atoms with Crippen LogP contribution in [0, 0.1) is 12.7 Å². The third kappa shape index (κ3) is 3.12. The van der Waals surface area contributed by atoms with E-state index in [0.717, 1.165) is 11.8 Å². The van der Waals surface area contributed by atoms with Crippen LogP contribution < -0.4 is 4.74 Å². The quantitative estimate of drug-likeness (QED) is 0.784. The normalized spacial score (nSPS) is 10.3. The molecule has 2 aromatic rings. The molecule has 98 valence electrons. The smallest absolute Gasteiger partial charge is 0.153 e. The van der Waals surface area contributed by atoms with Crippen LogP contribution in [-0.2, 0) is 6.61 Å². The number of benzene rings is 2. The molecule has 2 rings (SSSR count). The maximum atomic E-state index is 13.1. The number of aryl methyl sites for hydroxylation is 1. The second-order valence-corrected chi connectivity index (χ2v) is 4.54. The molecule has 0 aliphatic heterocycles. The summed E-state index contributed by atoms with van der Waals surface area (Å²) in [5, 5.41) is 0.433. The van der Waals surface area contributed by atoms with Gasteiger partial charge < -0.3 is 4.74 Å². The first kappa shape index (κ1) is 13.6. The van der Waals surface area contributed by atoms with Gasteiger partial charge in [0.05, 0.1) is 5.56 Å². The Morgan fingerprint density at radius 2 is 2.11 bits per heavy atom. The molecule has 0 atom stereocenters. The van der Waals surface area contributed by atoms with E-state index in [0.29, 0.717) is 21.9 Å². The highest BCUT2D eigenvalue weighted by atomic mass is 35.5. The Balaban J connectivity index is 2.23. The van der Waals surface area contributed by atoms with Gasteiger partial charge >= 0.3 is 0 Å². The molecular weight excluding hydrogens is 267 g/mol. The Bertz CT molecular complexity index is 611. The second-order valence-electron chi connectivity index (χ2n) is 4.14. The highest BCUT2D eigenvalue weighted by molar-refractivity contribution is 6.31. The first-order valence-electron chi connectivity index (χ1n) is 5.73. The van der Waals surface area contributed by atoms with E-state index < -0.39 is 0 Å². The SMILES string of the molecule is Cc1cccc(C=O)c1OCc1cc(F)ccc1Cl. The Hall–Kier alpha value is -1.87. The standard InChI is InChI=1S/C15H12ClFO2/c1-10-3-2-4-11(8-18)15(10)19-9-12-7-13(17)5-6-14(12)16/h2-8H,9H2,1H3. The van der Waals surface area contributed by atoms with Crippen LogP contribution in [0.5, 0.6) is 5.75 Å². The van der Waals surface area contributed by atoms with Crippen molar-refractivity contribution in [2.75, 3.05) is 0 Å². The van der Waals surface area contributed by atoms with Gasteiger partial charge in [-0.05, 0) is 36.8 Å². The summed E-state index contributed by atoms with van der Waals surface area (Å²) in [6, 6.07) is 9.38. The van der Waals surface area contributed by atoms with E-state index in [2.05, 4.69) is 0 Å². The van der Waals surface area contributed by atoms with Gasteiger partial charge in [0.15, 0.2) is 6.29 Å². The molecule has 0 radical (unpaired) electrons. The third-order valence-corrected chi connectivity index (χ3v) is 3.12. The summed E-state index contributed by atoms with van der Waals surface area (Å²) in [4.78, 5) is 10.9. The van der Waals surface area contributed by atoms with Gasteiger partial charge in [0.25, 0.3) is 0 Å². The molecule has 0 fully saturated rings. The van der Waals surface area contributed by atoms with Crippen molar-refractivity contribution in [3.63, 3.8) is 0 Å². The Morgan fingerprint density at radius 3 is 2.84 bits per heavy atom. The summed E-state index contributed by atoms with van der Waals surface area (Å²) in [5.41, 5.74) is 1.85. The summed E-state index contributed by atoms with van der Waals surface area (Å²) in [6.45, 7) is 1.96. The average molecular weight is 279 g/mol. The molecule has 19 heavy (non-hydrogen) atoms. The van der Waals surface area contributed by atoms with Crippen molar-refractivity contribution in [3.8, 4) is 5.75 Å². The lowest BCUT2D eigenvalue weighted by atomic mass is 10.1. The van der Waals surface area contributed by atoms with Crippen LogP contribution in [0.25, 0.3) is 0 Å². The van der Waals surface area contributed by atoms with Crippen molar-refractivity contribution < 1.29 is 13.9 Å². The van der Waals surface area contributed by atoms with Gasteiger partial charge in [0.1, 0.15) is 18.2 Å². The zero-order valence-electron chi connectivity index (χ0n) is 10.3. The van der Waals surface area contributed by atoms with Crippen molar-refractivity contribution in [2.24, 2.45) is 0 Å². The molecule has 0 saturated heterocycles. The van der Waals surface area contributed by atoms with Crippen LogP contribution in [0.3, 0.4) is 0 Å². The molecule has 0 heterocycles. The molecule has 2 aromatic carbocycles. The number of aldehydes is 1. The number of halogens is 2. The fourth-order valence-electron chi connectivity index (χ4n) is 1.77. The van der Waals surface area contributed by atoms with E-state index in [-0.39, 0.29) is 12.4 Å². The summed E-state index contributed by atoms with van der Waals surface area (Å²) in [5.74, 6) is 0.126. The van der Waals surface area contributed by atoms with Gasteiger partial charge in [0.2, 0.25) is 0 Å². The Labute approximate surface area is 115 Å². The molecule has 0 spiro atoms. The van der Waals surface area contributed by atoms with Crippen LogP contribution in [0.15, 0.2) is 36.4 Å². The van der Waals surface area contributed by atoms with E-state index in [1.54, 1.807) is 12.1 Å². The number of carbonyl (C=O) groups excluding carboxylic acids is 1. The molecule has 0 bridgehead atoms. The molecule has 0 unspecified atom stereocenters. The minimum atomic E-state index is -0.372. The maximum absolute atomic E-state index is 13.1. The second kappa shape index (κ2) is 5.85. The molecule has 2 nitrogen and oxygen atoms in total. The predicted octanol–water partition coefficient (Wildman–Crippen LogP) is 4.18. The van der Waals surface area contributed by atoms with E-state index in [4.69, 9.17) is 16.3 Å². The molecule has 0 aliphatic rings. The first-order chi connectivity index (χ1) is 9.11. The fourth-order valence-corrected chi connectivity index (χ4v) is 1.94. The van der Waals surface area contributed by atoms with Crippen LogP contribution in [0.4, 0.5) is 4.39 Å². The van der Waals surface area contributed by atoms with E-state index >= 15 is 0 Å². The largest absolute Gasteiger partial charge is 0.488 e. The monoisotopic (exact) mass is 278 g/mol. The summed E-state index contributed by atoms with van der Waals surface area (Å²) in [7, 11) is 0. The lowest BCUT2D eigenvalue weighted by Crippen LogP contribution is -2.01.